The Kier molecular flexibility index (Phi) is 4.83. The average molecular weight is 444 g/mol. The number of thiazole rings is 1. The van der Waals surface area contributed by atoms with Crippen LogP contribution in [0.3, 0.4) is 0 Å². The van der Waals surface area contributed by atoms with Crippen LogP contribution >= 0.6 is 11.3 Å². The molecule has 0 saturated carbocycles. The van der Waals surface area contributed by atoms with E-state index in [-0.39, 0.29) is 16.9 Å². The van der Waals surface area contributed by atoms with Gasteiger partial charge in [0.05, 0.1) is 21.8 Å². The van der Waals surface area contributed by atoms with Crippen molar-refractivity contribution in [3.63, 3.8) is 0 Å². The summed E-state index contributed by atoms with van der Waals surface area (Å²) < 4.78 is 14.3. The zero-order valence-electron chi connectivity index (χ0n) is 16.9. The van der Waals surface area contributed by atoms with Gasteiger partial charge in [0.1, 0.15) is 11.6 Å². The highest BCUT2D eigenvalue weighted by atomic mass is 32.1. The molecule has 158 valence electrons. The zero-order valence-corrected chi connectivity index (χ0v) is 17.8. The fourth-order valence-corrected chi connectivity index (χ4v) is 4.96. The Balaban J connectivity index is 1.72. The molecule has 1 aromatic heterocycles. The number of aliphatic hydroxyl groups excluding tert-OH is 1. The number of fused-ring (bicyclic) bond motifs is 1. The zero-order chi connectivity index (χ0) is 22.4. The number of aliphatic hydroxyl groups is 1. The average Bonchev–Trinajstić information content (AvgIpc) is 3.32. The lowest BCUT2D eigenvalue weighted by Gasteiger charge is -2.22. The minimum absolute atomic E-state index is 0.0526. The van der Waals surface area contributed by atoms with Crippen LogP contribution in [0, 0.1) is 12.7 Å². The van der Waals surface area contributed by atoms with Crippen molar-refractivity contribution in [2.75, 3.05) is 4.90 Å². The van der Waals surface area contributed by atoms with E-state index in [4.69, 9.17) is 0 Å². The van der Waals surface area contributed by atoms with E-state index in [9.17, 15) is 19.1 Å². The summed E-state index contributed by atoms with van der Waals surface area (Å²) in [5.74, 6) is -2.39. The third-order valence-electron chi connectivity index (χ3n) is 5.42. The maximum Gasteiger partial charge on any atom is 0.301 e. The number of carbonyl (C=O) groups is 2. The number of nitrogens with zero attached hydrogens (tertiary/aromatic N) is 2. The molecule has 1 atom stereocenters. The van der Waals surface area contributed by atoms with E-state index in [1.54, 1.807) is 24.3 Å². The fraction of sp³-hybridized carbons (Fsp3) is 0.0800. The molecule has 0 unspecified atom stereocenters. The lowest BCUT2D eigenvalue weighted by atomic mass is 9.95. The molecular formula is C25H17FN2O3S. The second-order valence-electron chi connectivity index (χ2n) is 7.55. The molecule has 0 radical (unpaired) electrons. The van der Waals surface area contributed by atoms with E-state index in [1.165, 1.54) is 40.5 Å². The molecule has 3 aromatic carbocycles. The highest BCUT2D eigenvalue weighted by Crippen LogP contribution is 2.44. The predicted molar refractivity (Wildman–Crippen MR) is 122 cm³/mol. The third-order valence-corrected chi connectivity index (χ3v) is 6.43. The van der Waals surface area contributed by atoms with Gasteiger partial charge in [0.25, 0.3) is 5.78 Å². The number of hydrogen-bond donors (Lipinski definition) is 1. The molecule has 5 nitrogen and oxygen atoms in total. The Morgan fingerprint density at radius 2 is 1.75 bits per heavy atom. The Morgan fingerprint density at radius 3 is 2.47 bits per heavy atom. The van der Waals surface area contributed by atoms with Crippen molar-refractivity contribution in [2.45, 2.75) is 13.0 Å². The molecule has 1 aliphatic heterocycles. The number of hydrogen-bond acceptors (Lipinski definition) is 5. The number of benzene rings is 3. The summed E-state index contributed by atoms with van der Waals surface area (Å²) in [4.78, 5) is 32.2. The molecule has 5 rings (SSSR count). The van der Waals surface area contributed by atoms with Crippen LogP contribution in [0.1, 0.15) is 22.7 Å². The number of ketones is 1. The van der Waals surface area contributed by atoms with Gasteiger partial charge in [0, 0.05) is 5.56 Å². The predicted octanol–water partition coefficient (Wildman–Crippen LogP) is 5.37. The van der Waals surface area contributed by atoms with Gasteiger partial charge >= 0.3 is 5.91 Å². The van der Waals surface area contributed by atoms with Gasteiger partial charge in [-0.3, -0.25) is 14.5 Å². The van der Waals surface area contributed by atoms with E-state index in [1.807, 2.05) is 31.2 Å². The van der Waals surface area contributed by atoms with Crippen molar-refractivity contribution in [3.8, 4) is 0 Å². The highest BCUT2D eigenvalue weighted by molar-refractivity contribution is 7.22. The summed E-state index contributed by atoms with van der Waals surface area (Å²) in [6.45, 7) is 1.97. The smallest absolute Gasteiger partial charge is 0.301 e. The molecule has 1 fully saturated rings. The van der Waals surface area contributed by atoms with Crippen molar-refractivity contribution in [2.24, 2.45) is 0 Å². The van der Waals surface area contributed by atoms with Gasteiger partial charge in [0.15, 0.2) is 5.13 Å². The highest BCUT2D eigenvalue weighted by Gasteiger charge is 2.48. The first-order valence-electron chi connectivity index (χ1n) is 9.93. The molecule has 0 bridgehead atoms. The number of carbonyl (C=O) groups excluding carboxylic acids is 2. The lowest BCUT2D eigenvalue weighted by molar-refractivity contribution is -0.132. The molecule has 1 saturated heterocycles. The third kappa shape index (κ3) is 3.27. The summed E-state index contributed by atoms with van der Waals surface area (Å²) in [5.41, 5.74) is 2.65. The summed E-state index contributed by atoms with van der Waals surface area (Å²) in [6.07, 6.45) is 0. The first kappa shape index (κ1) is 20.1. The number of halogens is 1. The minimum atomic E-state index is -0.858. The lowest BCUT2D eigenvalue weighted by Crippen LogP contribution is -2.29. The maximum atomic E-state index is 13.4. The second-order valence-corrected chi connectivity index (χ2v) is 8.56. The van der Waals surface area contributed by atoms with Gasteiger partial charge < -0.3 is 5.11 Å². The summed E-state index contributed by atoms with van der Waals surface area (Å²) in [5, 5.41) is 11.4. The van der Waals surface area contributed by atoms with Crippen molar-refractivity contribution in [3.05, 3.63) is 101 Å². The van der Waals surface area contributed by atoms with E-state index in [2.05, 4.69) is 4.98 Å². The summed E-state index contributed by atoms with van der Waals surface area (Å²) in [7, 11) is 0. The number of rotatable bonds is 3. The van der Waals surface area contributed by atoms with E-state index >= 15 is 0 Å². The molecule has 0 aliphatic carbocycles. The van der Waals surface area contributed by atoms with E-state index in [0.717, 1.165) is 15.8 Å². The standard InChI is InChI=1S/C25H17FN2O3S/c1-14-7-12-18-19(13-14)32-25(27-18)28-21(15-5-3-2-4-6-15)20(23(30)24(28)31)22(29)16-8-10-17(26)11-9-16/h2-13,21,29H,1H3/b22-20+/t21-/m0/s1. The van der Waals surface area contributed by atoms with Gasteiger partial charge in [-0.2, -0.15) is 0 Å². The largest absolute Gasteiger partial charge is 0.507 e. The maximum absolute atomic E-state index is 13.4. The number of amides is 1. The van der Waals surface area contributed by atoms with Gasteiger partial charge in [0.2, 0.25) is 0 Å². The first-order chi connectivity index (χ1) is 15.4. The van der Waals surface area contributed by atoms with Crippen LogP contribution in [0.25, 0.3) is 16.0 Å². The Morgan fingerprint density at radius 1 is 1.03 bits per heavy atom. The van der Waals surface area contributed by atoms with Gasteiger partial charge in [-0.05, 0) is 54.4 Å². The van der Waals surface area contributed by atoms with Crippen molar-refractivity contribution < 1.29 is 19.1 Å². The monoisotopic (exact) mass is 444 g/mol. The molecule has 4 aromatic rings. The molecular weight excluding hydrogens is 427 g/mol. The van der Waals surface area contributed by atoms with Crippen molar-refractivity contribution >= 4 is 44.1 Å². The molecule has 7 heteroatoms. The van der Waals surface area contributed by atoms with Crippen molar-refractivity contribution in [1.29, 1.82) is 0 Å². The molecule has 1 N–H and O–H groups in total. The Hall–Kier alpha value is -3.84. The number of aryl methyl sites for hydroxylation is 1. The normalized spacial score (nSPS) is 17.9. The first-order valence-corrected chi connectivity index (χ1v) is 10.7. The van der Waals surface area contributed by atoms with Crippen LogP contribution < -0.4 is 4.90 Å². The molecule has 1 amide bonds. The Bertz CT molecular complexity index is 1390. The SMILES string of the molecule is Cc1ccc2nc(N3C(=O)C(=O)/C(=C(/O)c4ccc(F)cc4)[C@@H]3c3ccccc3)sc2c1. The van der Waals surface area contributed by atoms with Crippen LogP contribution in [0.5, 0.6) is 0 Å². The number of Topliss-reactive ketones (excluding diaryl/α,β-unsaturated/α-hetero) is 1. The molecule has 32 heavy (non-hydrogen) atoms. The van der Waals surface area contributed by atoms with Gasteiger partial charge in [-0.15, -0.1) is 0 Å². The summed E-state index contributed by atoms with van der Waals surface area (Å²) in [6, 6.07) is 19.1. The van der Waals surface area contributed by atoms with Crippen LogP contribution in [-0.4, -0.2) is 21.8 Å². The minimum Gasteiger partial charge on any atom is -0.507 e. The quantitative estimate of drug-likeness (QED) is 0.262. The topological polar surface area (TPSA) is 70.5 Å². The molecule has 0 spiro atoms. The van der Waals surface area contributed by atoms with Gasteiger partial charge in [-0.1, -0.05) is 47.7 Å². The number of anilines is 1. The second kappa shape index (κ2) is 7.69. The van der Waals surface area contributed by atoms with Crippen LogP contribution in [0.15, 0.2) is 78.4 Å². The molecule has 2 heterocycles. The van der Waals surface area contributed by atoms with Gasteiger partial charge in [-0.25, -0.2) is 9.37 Å². The number of aromatic nitrogens is 1. The van der Waals surface area contributed by atoms with Crippen LogP contribution in [0.2, 0.25) is 0 Å². The molecule has 1 aliphatic rings. The van der Waals surface area contributed by atoms with E-state index < -0.39 is 23.5 Å². The van der Waals surface area contributed by atoms with Crippen LogP contribution in [0.4, 0.5) is 9.52 Å². The van der Waals surface area contributed by atoms with Crippen LogP contribution in [-0.2, 0) is 9.59 Å². The van der Waals surface area contributed by atoms with E-state index in [0.29, 0.717) is 10.7 Å². The Labute approximate surface area is 187 Å². The van der Waals surface area contributed by atoms with Crippen molar-refractivity contribution in [1.82, 2.24) is 4.98 Å². The fourth-order valence-electron chi connectivity index (χ4n) is 3.87. The summed E-state index contributed by atoms with van der Waals surface area (Å²) >= 11 is 1.31.